The molecule has 0 radical (unpaired) electrons. The Bertz CT molecular complexity index is 507. The minimum Gasteiger partial charge on any atom is -0.459 e. The lowest BCUT2D eigenvalue weighted by Gasteiger charge is -2.37. The Morgan fingerprint density at radius 3 is 2.71 bits per heavy atom. The van der Waals surface area contributed by atoms with Gasteiger partial charge in [-0.2, -0.15) is 0 Å². The lowest BCUT2D eigenvalue weighted by atomic mass is 9.75. The monoisotopic (exact) mass is 296 g/mol. The molecule has 21 heavy (non-hydrogen) atoms. The SMILES string of the molecule is COC1(C)CCC2C(C)C(=O)OC2C23OC2(C)C(O)CC13. The van der Waals surface area contributed by atoms with Crippen LogP contribution in [0.1, 0.15) is 40.0 Å². The van der Waals surface area contributed by atoms with E-state index in [1.807, 2.05) is 13.8 Å². The maximum Gasteiger partial charge on any atom is 0.309 e. The number of epoxide rings is 1. The van der Waals surface area contributed by atoms with E-state index in [1.54, 1.807) is 7.11 Å². The van der Waals surface area contributed by atoms with E-state index in [0.29, 0.717) is 6.42 Å². The molecule has 0 aromatic carbocycles. The maximum atomic E-state index is 12.0. The highest BCUT2D eigenvalue weighted by Crippen LogP contribution is 2.71. The van der Waals surface area contributed by atoms with E-state index in [4.69, 9.17) is 14.2 Å². The zero-order valence-corrected chi connectivity index (χ0v) is 13.1. The first kappa shape index (κ1) is 14.0. The summed E-state index contributed by atoms with van der Waals surface area (Å²) in [6, 6.07) is 0. The molecule has 2 aliphatic heterocycles. The quantitative estimate of drug-likeness (QED) is 0.583. The molecule has 4 aliphatic rings. The highest BCUT2D eigenvalue weighted by molar-refractivity contribution is 5.75. The standard InChI is InChI=1S/C16H24O5/c1-8-9-5-6-14(2,19-4)10-7-11(17)15(3)16(10,21-15)12(9)20-13(8)18/h8-12,17H,5-7H2,1-4H3. The molecular weight excluding hydrogens is 272 g/mol. The number of fused-ring (bicyclic) bond motifs is 1. The van der Waals surface area contributed by atoms with Crippen LogP contribution < -0.4 is 0 Å². The lowest BCUT2D eigenvalue weighted by Crippen LogP contribution is -2.49. The molecule has 2 saturated heterocycles. The molecular formula is C16H24O5. The number of rotatable bonds is 1. The van der Waals surface area contributed by atoms with E-state index in [9.17, 15) is 9.90 Å². The molecule has 4 rings (SSSR count). The maximum absolute atomic E-state index is 12.0. The smallest absolute Gasteiger partial charge is 0.309 e. The van der Waals surface area contributed by atoms with Gasteiger partial charge in [0.1, 0.15) is 17.3 Å². The number of carbonyl (C=O) groups is 1. The normalized spacial score (nSPS) is 61.6. The van der Waals surface area contributed by atoms with Gasteiger partial charge in [0.15, 0.2) is 0 Å². The molecule has 1 spiro atoms. The fraction of sp³-hybridized carbons (Fsp3) is 0.938. The first-order valence-electron chi connectivity index (χ1n) is 7.94. The fourth-order valence-corrected chi connectivity index (χ4v) is 5.37. The number of hydrogen-bond donors (Lipinski definition) is 1. The second-order valence-electron chi connectivity index (χ2n) is 7.67. The molecule has 0 aromatic rings. The predicted molar refractivity (Wildman–Crippen MR) is 73.5 cm³/mol. The topological polar surface area (TPSA) is 68.3 Å². The summed E-state index contributed by atoms with van der Waals surface area (Å²) in [6.07, 6.45) is 1.64. The van der Waals surface area contributed by atoms with Gasteiger partial charge in [0.25, 0.3) is 0 Å². The van der Waals surface area contributed by atoms with Crippen LogP contribution in [-0.2, 0) is 19.0 Å². The first-order chi connectivity index (χ1) is 9.80. The van der Waals surface area contributed by atoms with Gasteiger partial charge in [0.2, 0.25) is 0 Å². The van der Waals surface area contributed by atoms with Crippen molar-refractivity contribution in [3.8, 4) is 0 Å². The molecule has 0 aromatic heterocycles. The van der Waals surface area contributed by atoms with Gasteiger partial charge < -0.3 is 19.3 Å². The average Bonchev–Trinajstić information content (AvgIpc) is 2.93. The van der Waals surface area contributed by atoms with E-state index < -0.39 is 17.3 Å². The molecule has 8 unspecified atom stereocenters. The van der Waals surface area contributed by atoms with Crippen molar-refractivity contribution in [1.82, 2.24) is 0 Å². The Kier molecular flexibility index (Phi) is 2.54. The number of methoxy groups -OCH3 is 1. The van der Waals surface area contributed by atoms with Gasteiger partial charge in [-0.15, -0.1) is 0 Å². The van der Waals surface area contributed by atoms with E-state index in [1.165, 1.54) is 0 Å². The minimum absolute atomic E-state index is 0.0584. The van der Waals surface area contributed by atoms with Gasteiger partial charge in [0.05, 0.1) is 17.6 Å². The Labute approximate surface area is 124 Å². The second kappa shape index (κ2) is 3.81. The zero-order chi connectivity index (χ0) is 15.2. The number of hydrogen-bond acceptors (Lipinski definition) is 5. The summed E-state index contributed by atoms with van der Waals surface area (Å²) in [5.41, 5.74) is -1.51. The summed E-state index contributed by atoms with van der Waals surface area (Å²) in [6.45, 7) is 6.00. The van der Waals surface area contributed by atoms with Crippen LogP contribution >= 0.6 is 0 Å². The Morgan fingerprint density at radius 1 is 1.38 bits per heavy atom. The largest absolute Gasteiger partial charge is 0.459 e. The zero-order valence-electron chi connectivity index (χ0n) is 13.1. The molecule has 5 nitrogen and oxygen atoms in total. The molecule has 4 fully saturated rings. The van der Waals surface area contributed by atoms with Crippen molar-refractivity contribution in [3.05, 3.63) is 0 Å². The van der Waals surface area contributed by atoms with Crippen LogP contribution in [0.2, 0.25) is 0 Å². The van der Waals surface area contributed by atoms with Gasteiger partial charge in [-0.3, -0.25) is 4.79 Å². The highest BCUT2D eigenvalue weighted by atomic mass is 16.7. The Balaban J connectivity index is 1.83. The van der Waals surface area contributed by atoms with Crippen molar-refractivity contribution >= 4 is 5.97 Å². The number of carbonyl (C=O) groups excluding carboxylic acids is 1. The van der Waals surface area contributed by atoms with Crippen molar-refractivity contribution in [3.63, 3.8) is 0 Å². The lowest BCUT2D eigenvalue weighted by molar-refractivity contribution is -0.150. The van der Waals surface area contributed by atoms with Crippen molar-refractivity contribution in [2.75, 3.05) is 7.11 Å². The molecule has 5 heteroatoms. The van der Waals surface area contributed by atoms with Crippen LogP contribution in [0.3, 0.4) is 0 Å². The van der Waals surface area contributed by atoms with Crippen LogP contribution in [0.25, 0.3) is 0 Å². The van der Waals surface area contributed by atoms with Crippen molar-refractivity contribution in [1.29, 1.82) is 0 Å². The molecule has 2 aliphatic carbocycles. The van der Waals surface area contributed by atoms with Crippen LogP contribution in [0.4, 0.5) is 0 Å². The number of esters is 1. The third-order valence-corrected chi connectivity index (χ3v) is 6.97. The molecule has 2 heterocycles. The van der Waals surface area contributed by atoms with Crippen molar-refractivity contribution in [2.45, 2.75) is 69.0 Å². The Morgan fingerprint density at radius 2 is 2.10 bits per heavy atom. The average molecular weight is 296 g/mol. The molecule has 1 N–H and O–H groups in total. The summed E-state index contributed by atoms with van der Waals surface area (Å²) >= 11 is 0. The van der Waals surface area contributed by atoms with E-state index in [-0.39, 0.29) is 35.4 Å². The van der Waals surface area contributed by atoms with Crippen molar-refractivity contribution in [2.24, 2.45) is 17.8 Å². The van der Waals surface area contributed by atoms with Gasteiger partial charge in [-0.1, -0.05) is 6.92 Å². The first-order valence-corrected chi connectivity index (χ1v) is 7.94. The highest BCUT2D eigenvalue weighted by Gasteiger charge is 2.86. The molecule has 0 amide bonds. The minimum atomic E-state index is -0.602. The second-order valence-corrected chi connectivity index (χ2v) is 7.67. The van der Waals surface area contributed by atoms with Gasteiger partial charge in [-0.25, -0.2) is 0 Å². The van der Waals surface area contributed by atoms with Crippen LogP contribution in [0.15, 0.2) is 0 Å². The number of aliphatic hydroxyl groups is 1. The van der Waals surface area contributed by atoms with Gasteiger partial charge >= 0.3 is 5.97 Å². The van der Waals surface area contributed by atoms with E-state index >= 15 is 0 Å². The molecule has 8 atom stereocenters. The molecule has 118 valence electrons. The van der Waals surface area contributed by atoms with E-state index in [0.717, 1.165) is 12.8 Å². The number of aliphatic hydroxyl groups excluding tert-OH is 1. The van der Waals surface area contributed by atoms with Crippen LogP contribution in [0.5, 0.6) is 0 Å². The fourth-order valence-electron chi connectivity index (χ4n) is 5.37. The van der Waals surface area contributed by atoms with Crippen LogP contribution in [-0.4, -0.2) is 47.2 Å². The summed E-state index contributed by atoms with van der Waals surface area (Å²) in [5, 5.41) is 10.5. The van der Waals surface area contributed by atoms with Crippen molar-refractivity contribution < 1.29 is 24.1 Å². The summed E-state index contributed by atoms with van der Waals surface area (Å²) in [4.78, 5) is 12.0. The summed E-state index contributed by atoms with van der Waals surface area (Å²) in [5.74, 6) is -0.0130. The summed E-state index contributed by atoms with van der Waals surface area (Å²) in [7, 11) is 1.73. The third-order valence-electron chi connectivity index (χ3n) is 6.97. The van der Waals surface area contributed by atoms with Gasteiger partial charge in [-0.05, 0) is 33.1 Å². The van der Waals surface area contributed by atoms with Crippen LogP contribution in [0, 0.1) is 17.8 Å². The number of ether oxygens (including phenoxy) is 3. The predicted octanol–water partition coefficient (Wildman–Crippen LogP) is 1.27. The Hall–Kier alpha value is -0.650. The molecule has 0 bridgehead atoms. The van der Waals surface area contributed by atoms with Gasteiger partial charge in [0, 0.05) is 18.9 Å². The van der Waals surface area contributed by atoms with E-state index in [2.05, 4.69) is 6.92 Å². The third kappa shape index (κ3) is 1.36. The summed E-state index contributed by atoms with van der Waals surface area (Å²) < 4.78 is 17.7. The molecule has 2 saturated carbocycles.